The van der Waals surface area contributed by atoms with E-state index in [1.807, 2.05) is 24.3 Å². The molecule has 2 heterocycles. The summed E-state index contributed by atoms with van der Waals surface area (Å²) in [4.78, 5) is 29.4. The van der Waals surface area contributed by atoms with Gasteiger partial charge < -0.3 is 24.7 Å². The van der Waals surface area contributed by atoms with Gasteiger partial charge in [-0.15, -0.1) is 0 Å². The lowest BCUT2D eigenvalue weighted by Crippen LogP contribution is -2.50. The molecule has 1 saturated heterocycles. The number of piperazine rings is 1. The Morgan fingerprint density at radius 1 is 1.00 bits per heavy atom. The fraction of sp³-hybridized carbons (Fsp3) is 0.280. The Labute approximate surface area is 203 Å². The molecule has 178 valence electrons. The Morgan fingerprint density at radius 3 is 2.38 bits per heavy atom. The van der Waals surface area contributed by atoms with Crippen molar-refractivity contribution in [3.05, 3.63) is 77.7 Å². The smallest absolute Gasteiger partial charge is 0.313 e. The molecule has 1 aliphatic rings. The average Bonchev–Trinajstić information content (AvgIpc) is 3.40. The van der Waals surface area contributed by atoms with Crippen molar-refractivity contribution in [2.45, 2.75) is 6.04 Å². The minimum atomic E-state index is -0.768. The number of rotatable bonds is 7. The molecule has 0 bridgehead atoms. The Balaban J connectivity index is 1.35. The van der Waals surface area contributed by atoms with Crippen molar-refractivity contribution in [1.29, 1.82) is 0 Å². The third kappa shape index (κ3) is 5.70. The molecule has 0 saturated carbocycles. The standard InChI is InChI=1S/C25H27ClN4O4/c1-33-19-10-8-18(9-11-19)29-12-14-30(15-13-29)22(23-7-4-16-34-23)17-27-24(31)25(32)28-21-6-3-2-5-20(21)26/h2-11,16,22H,12-15,17H2,1H3,(H,27,31)(H,28,32). The monoisotopic (exact) mass is 482 g/mol. The van der Waals surface area contributed by atoms with Gasteiger partial charge in [-0.25, -0.2) is 0 Å². The number of hydrogen-bond acceptors (Lipinski definition) is 6. The lowest BCUT2D eigenvalue weighted by molar-refractivity contribution is -0.136. The molecule has 3 aromatic rings. The maximum Gasteiger partial charge on any atom is 0.313 e. The van der Waals surface area contributed by atoms with Crippen LogP contribution in [0.3, 0.4) is 0 Å². The Kier molecular flexibility index (Phi) is 7.72. The van der Waals surface area contributed by atoms with Crippen LogP contribution in [0.2, 0.25) is 5.02 Å². The summed E-state index contributed by atoms with van der Waals surface area (Å²) in [6, 6.07) is 18.3. The van der Waals surface area contributed by atoms with Crippen LogP contribution in [0.25, 0.3) is 0 Å². The highest BCUT2D eigenvalue weighted by atomic mass is 35.5. The molecule has 1 aromatic heterocycles. The number of amides is 2. The van der Waals surface area contributed by atoms with Crippen LogP contribution in [0.15, 0.2) is 71.3 Å². The molecule has 0 radical (unpaired) electrons. The number of benzene rings is 2. The third-order valence-corrected chi connectivity index (χ3v) is 6.18. The van der Waals surface area contributed by atoms with Gasteiger partial charge >= 0.3 is 11.8 Å². The van der Waals surface area contributed by atoms with Crippen molar-refractivity contribution >= 4 is 34.8 Å². The summed E-state index contributed by atoms with van der Waals surface area (Å²) in [5.41, 5.74) is 1.53. The van der Waals surface area contributed by atoms with Gasteiger partial charge in [0.15, 0.2) is 0 Å². The van der Waals surface area contributed by atoms with E-state index in [1.165, 1.54) is 0 Å². The van der Waals surface area contributed by atoms with Gasteiger partial charge in [0.2, 0.25) is 0 Å². The van der Waals surface area contributed by atoms with Crippen molar-refractivity contribution in [3.8, 4) is 5.75 Å². The summed E-state index contributed by atoms with van der Waals surface area (Å²) in [7, 11) is 1.65. The van der Waals surface area contributed by atoms with Gasteiger partial charge in [-0.3, -0.25) is 14.5 Å². The lowest BCUT2D eigenvalue weighted by atomic mass is 10.1. The quantitative estimate of drug-likeness (QED) is 0.501. The molecule has 1 unspecified atom stereocenters. The number of hydrogen-bond donors (Lipinski definition) is 2. The van der Waals surface area contributed by atoms with Crippen molar-refractivity contribution in [3.63, 3.8) is 0 Å². The van der Waals surface area contributed by atoms with E-state index in [0.717, 1.165) is 43.4 Å². The predicted octanol–water partition coefficient (Wildman–Crippen LogP) is 3.56. The fourth-order valence-corrected chi connectivity index (χ4v) is 4.17. The molecule has 4 rings (SSSR count). The zero-order chi connectivity index (χ0) is 23.9. The Hall–Kier alpha value is -3.49. The van der Waals surface area contributed by atoms with E-state index in [1.54, 1.807) is 37.6 Å². The number of halogens is 1. The molecule has 34 heavy (non-hydrogen) atoms. The third-order valence-electron chi connectivity index (χ3n) is 5.85. The number of methoxy groups -OCH3 is 1. The molecule has 2 amide bonds. The number of furan rings is 1. The van der Waals surface area contributed by atoms with Gasteiger partial charge in [-0.1, -0.05) is 23.7 Å². The molecule has 0 aliphatic carbocycles. The molecule has 1 fully saturated rings. The number of carbonyl (C=O) groups excluding carboxylic acids is 2. The topological polar surface area (TPSA) is 87.0 Å². The van der Waals surface area contributed by atoms with Crippen molar-refractivity contribution in [1.82, 2.24) is 10.2 Å². The van der Waals surface area contributed by atoms with Crippen LogP contribution in [0.4, 0.5) is 11.4 Å². The molecular weight excluding hydrogens is 456 g/mol. The maximum atomic E-state index is 12.5. The summed E-state index contributed by atoms with van der Waals surface area (Å²) in [5, 5.41) is 5.65. The number of ether oxygens (including phenoxy) is 1. The highest BCUT2D eigenvalue weighted by Gasteiger charge is 2.28. The molecule has 1 atom stereocenters. The first-order chi connectivity index (χ1) is 16.5. The largest absolute Gasteiger partial charge is 0.497 e. The van der Waals surface area contributed by atoms with Gasteiger partial charge in [0.25, 0.3) is 0 Å². The second kappa shape index (κ2) is 11.1. The number of nitrogens with one attached hydrogen (secondary N) is 2. The highest BCUT2D eigenvalue weighted by Crippen LogP contribution is 2.26. The highest BCUT2D eigenvalue weighted by molar-refractivity contribution is 6.41. The summed E-state index contributed by atoms with van der Waals surface area (Å²) in [6.07, 6.45) is 1.61. The summed E-state index contributed by atoms with van der Waals surface area (Å²) >= 11 is 6.07. The van der Waals surface area contributed by atoms with Crippen LogP contribution < -0.4 is 20.3 Å². The minimum Gasteiger partial charge on any atom is -0.497 e. The van der Waals surface area contributed by atoms with E-state index in [9.17, 15) is 9.59 Å². The first-order valence-corrected chi connectivity index (χ1v) is 11.4. The average molecular weight is 483 g/mol. The van der Waals surface area contributed by atoms with E-state index in [2.05, 4.69) is 32.6 Å². The van der Waals surface area contributed by atoms with Crippen LogP contribution in [-0.4, -0.2) is 56.5 Å². The van der Waals surface area contributed by atoms with E-state index >= 15 is 0 Å². The van der Waals surface area contributed by atoms with Crippen molar-refractivity contribution in [2.24, 2.45) is 0 Å². The summed E-state index contributed by atoms with van der Waals surface area (Å²) < 4.78 is 10.9. The molecule has 2 N–H and O–H groups in total. The lowest BCUT2D eigenvalue weighted by Gasteiger charge is -2.39. The van der Waals surface area contributed by atoms with Crippen LogP contribution in [-0.2, 0) is 9.59 Å². The van der Waals surface area contributed by atoms with E-state index < -0.39 is 11.8 Å². The number of carbonyl (C=O) groups is 2. The second-order valence-electron chi connectivity index (χ2n) is 7.90. The maximum absolute atomic E-state index is 12.5. The molecule has 1 aliphatic heterocycles. The van der Waals surface area contributed by atoms with E-state index in [4.69, 9.17) is 20.8 Å². The molecular formula is C25H27ClN4O4. The SMILES string of the molecule is COc1ccc(N2CCN(C(CNC(=O)C(=O)Nc3ccccc3Cl)c3ccco3)CC2)cc1. The number of anilines is 2. The molecule has 0 spiro atoms. The van der Waals surface area contributed by atoms with E-state index in [-0.39, 0.29) is 12.6 Å². The van der Waals surface area contributed by atoms with Crippen LogP contribution in [0.5, 0.6) is 5.75 Å². The minimum absolute atomic E-state index is 0.190. The first kappa shape index (κ1) is 23.7. The van der Waals surface area contributed by atoms with Gasteiger partial charge in [-0.2, -0.15) is 0 Å². The van der Waals surface area contributed by atoms with Gasteiger partial charge in [0.05, 0.1) is 30.1 Å². The number of para-hydroxylation sites is 1. The Morgan fingerprint density at radius 2 is 1.74 bits per heavy atom. The second-order valence-corrected chi connectivity index (χ2v) is 8.30. The molecule has 2 aromatic carbocycles. The van der Waals surface area contributed by atoms with Crippen LogP contribution in [0.1, 0.15) is 11.8 Å². The van der Waals surface area contributed by atoms with Crippen molar-refractivity contribution < 1.29 is 18.7 Å². The normalized spacial score (nSPS) is 14.9. The first-order valence-electron chi connectivity index (χ1n) is 11.1. The van der Waals surface area contributed by atoms with Gasteiger partial charge in [0.1, 0.15) is 11.5 Å². The van der Waals surface area contributed by atoms with Crippen LogP contribution >= 0.6 is 11.6 Å². The van der Waals surface area contributed by atoms with Gasteiger partial charge in [-0.05, 0) is 48.5 Å². The summed E-state index contributed by atoms with van der Waals surface area (Å²) in [5.74, 6) is 0.0725. The van der Waals surface area contributed by atoms with Gasteiger partial charge in [0, 0.05) is 38.4 Å². The summed E-state index contributed by atoms with van der Waals surface area (Å²) in [6.45, 7) is 3.44. The Bertz CT molecular complexity index is 1100. The molecule has 9 heteroatoms. The zero-order valence-corrected chi connectivity index (χ0v) is 19.6. The van der Waals surface area contributed by atoms with Crippen LogP contribution in [0, 0.1) is 0 Å². The fourth-order valence-electron chi connectivity index (χ4n) is 3.99. The zero-order valence-electron chi connectivity index (χ0n) is 18.9. The number of nitrogens with zero attached hydrogens (tertiary/aromatic N) is 2. The molecule has 8 nitrogen and oxygen atoms in total. The van der Waals surface area contributed by atoms with Crippen molar-refractivity contribution in [2.75, 3.05) is 50.1 Å². The predicted molar refractivity (Wildman–Crippen MR) is 131 cm³/mol. The van der Waals surface area contributed by atoms with E-state index in [0.29, 0.717) is 10.7 Å².